The maximum absolute atomic E-state index is 13.1. The largest absolute Gasteiger partial charge is 0.586 e. The topological polar surface area (TPSA) is 126 Å². The lowest BCUT2D eigenvalue weighted by Crippen LogP contribution is -2.26. The van der Waals surface area contributed by atoms with E-state index in [0.717, 1.165) is 11.3 Å². The molecule has 0 radical (unpaired) electrons. The Labute approximate surface area is 157 Å². The summed E-state index contributed by atoms with van der Waals surface area (Å²) in [7, 11) is 0. The number of hydrogen-bond donors (Lipinski definition) is 4. The molecule has 0 spiro atoms. The number of nitrogens with two attached hydrogens (primary N) is 3. The van der Waals surface area contributed by atoms with Crippen LogP contribution in [0.25, 0.3) is 5.57 Å². The van der Waals surface area contributed by atoms with Gasteiger partial charge in [-0.3, -0.25) is 4.79 Å². The summed E-state index contributed by atoms with van der Waals surface area (Å²) in [6, 6.07) is 4.27. The van der Waals surface area contributed by atoms with Crippen molar-refractivity contribution in [3.05, 3.63) is 39.9 Å². The van der Waals surface area contributed by atoms with E-state index in [1.165, 1.54) is 12.1 Å². The second-order valence-electron chi connectivity index (χ2n) is 6.02. The molecule has 0 saturated heterocycles. The van der Waals surface area contributed by atoms with Gasteiger partial charge in [-0.25, -0.2) is 0 Å². The Morgan fingerprint density at radius 2 is 1.89 bits per heavy atom. The highest BCUT2D eigenvalue weighted by atomic mass is 32.1. The van der Waals surface area contributed by atoms with Crippen molar-refractivity contribution in [2.24, 2.45) is 5.73 Å². The minimum atomic E-state index is -3.68. The number of thiophene rings is 1. The fourth-order valence-corrected chi connectivity index (χ4v) is 3.54. The highest BCUT2D eigenvalue weighted by Gasteiger charge is 2.43. The number of rotatable bonds is 4. The number of nitrogen functional groups attached to an aromatic ring is 2. The molecule has 2 aromatic rings. The number of hydrogen-bond acceptors (Lipinski definition) is 7. The van der Waals surface area contributed by atoms with Crippen LogP contribution in [0, 0.1) is 0 Å². The smallest absolute Gasteiger partial charge is 0.402 e. The number of benzene rings is 1. The highest BCUT2D eigenvalue weighted by Crippen LogP contribution is 2.41. The van der Waals surface area contributed by atoms with E-state index in [0.29, 0.717) is 27.4 Å². The predicted molar refractivity (Wildman–Crippen MR) is 99.4 cm³/mol. The van der Waals surface area contributed by atoms with Crippen molar-refractivity contribution in [2.75, 3.05) is 11.5 Å². The quantitative estimate of drug-likeness (QED) is 0.630. The third-order valence-electron chi connectivity index (χ3n) is 4.06. The van der Waals surface area contributed by atoms with Gasteiger partial charge in [-0.05, 0) is 37.1 Å². The number of anilines is 2. The normalized spacial score (nSPS) is 15.4. The minimum Gasteiger partial charge on any atom is -0.402 e. The zero-order valence-corrected chi connectivity index (χ0v) is 15.4. The average Bonchev–Trinajstić information content (AvgIpc) is 3.05. The van der Waals surface area contributed by atoms with Gasteiger partial charge in [-0.1, -0.05) is 6.07 Å². The zero-order valence-electron chi connectivity index (χ0n) is 14.6. The number of carbonyl (C=O) groups is 1. The summed E-state index contributed by atoms with van der Waals surface area (Å²) in [4.78, 5) is 12.7. The molecular formula is C17H18F2N4O3S. The zero-order chi connectivity index (χ0) is 19.9. The van der Waals surface area contributed by atoms with Gasteiger partial charge in [0.1, 0.15) is 4.88 Å². The van der Waals surface area contributed by atoms with Gasteiger partial charge in [0.15, 0.2) is 11.5 Å². The van der Waals surface area contributed by atoms with Gasteiger partial charge in [0.25, 0.3) is 5.91 Å². The lowest BCUT2D eigenvalue weighted by Gasteiger charge is -2.07. The summed E-state index contributed by atoms with van der Waals surface area (Å²) in [6.45, 7) is 3.57. The van der Waals surface area contributed by atoms with Crippen LogP contribution in [0.4, 0.5) is 19.5 Å². The van der Waals surface area contributed by atoms with Gasteiger partial charge in [-0.15, -0.1) is 20.1 Å². The van der Waals surface area contributed by atoms with E-state index in [-0.39, 0.29) is 28.6 Å². The van der Waals surface area contributed by atoms with E-state index >= 15 is 0 Å². The predicted octanol–water partition coefficient (Wildman–Crippen LogP) is 2.87. The van der Waals surface area contributed by atoms with Crippen LogP contribution in [0.1, 0.15) is 34.6 Å². The number of fused-ring (bicyclic) bond motifs is 1. The molecule has 0 saturated carbocycles. The maximum Gasteiger partial charge on any atom is 0.586 e. The van der Waals surface area contributed by atoms with E-state index in [9.17, 15) is 13.6 Å². The maximum atomic E-state index is 13.1. The first-order chi connectivity index (χ1) is 12.6. The lowest BCUT2D eigenvalue weighted by molar-refractivity contribution is -0.286. The molecule has 0 unspecified atom stereocenters. The van der Waals surface area contributed by atoms with Crippen molar-refractivity contribution in [3.8, 4) is 11.5 Å². The highest BCUT2D eigenvalue weighted by molar-refractivity contribution is 7.18. The molecule has 2 heterocycles. The second-order valence-corrected chi connectivity index (χ2v) is 7.08. The molecule has 3 rings (SSSR count). The summed E-state index contributed by atoms with van der Waals surface area (Å²) in [5.41, 5.74) is 20.5. The van der Waals surface area contributed by atoms with E-state index in [4.69, 9.17) is 17.2 Å². The molecule has 1 aromatic heterocycles. The summed E-state index contributed by atoms with van der Waals surface area (Å²) in [5.74, 6) is -0.580. The van der Waals surface area contributed by atoms with E-state index < -0.39 is 12.2 Å². The van der Waals surface area contributed by atoms with Crippen LogP contribution in [-0.4, -0.2) is 12.2 Å². The van der Waals surface area contributed by atoms with Crippen LogP contribution in [0.3, 0.4) is 0 Å². The summed E-state index contributed by atoms with van der Waals surface area (Å²) >= 11 is 1.06. The fourth-order valence-electron chi connectivity index (χ4n) is 2.58. The SMILES string of the molecule is C/C(N)=C(\C)c1c(N)sc(C(=O)NCc2ccc3c(c2)OC(F)(F)O3)c1N. The Bertz CT molecular complexity index is 952. The third kappa shape index (κ3) is 3.61. The summed E-state index contributed by atoms with van der Waals surface area (Å²) in [5, 5.41) is 3.08. The first-order valence-corrected chi connectivity index (χ1v) is 8.68. The van der Waals surface area contributed by atoms with Crippen molar-refractivity contribution >= 4 is 33.5 Å². The standard InChI is InChI=1S/C17H18F2N4O3S/c1-7(8(2)20)12-13(21)14(27-15(12)22)16(24)23-6-9-3-4-10-11(5-9)26-17(18,19)25-10/h3-5H,6,20-22H2,1-2H3,(H,23,24)/b8-7-. The van der Waals surface area contributed by atoms with Gasteiger partial charge in [0.05, 0.1) is 10.7 Å². The first-order valence-electron chi connectivity index (χ1n) is 7.87. The Balaban J connectivity index is 1.75. The molecule has 27 heavy (non-hydrogen) atoms. The van der Waals surface area contributed by atoms with Crippen molar-refractivity contribution < 1.29 is 23.0 Å². The molecule has 7 N–H and O–H groups in total. The molecule has 1 aliphatic rings. The molecule has 0 bridgehead atoms. The second kappa shape index (κ2) is 6.62. The van der Waals surface area contributed by atoms with Gasteiger partial charge in [0, 0.05) is 17.8 Å². The van der Waals surface area contributed by atoms with Crippen LogP contribution in [0.5, 0.6) is 11.5 Å². The van der Waals surface area contributed by atoms with Gasteiger partial charge in [0.2, 0.25) is 0 Å². The summed E-state index contributed by atoms with van der Waals surface area (Å²) < 4.78 is 34.8. The van der Waals surface area contributed by atoms with Crippen molar-refractivity contribution in [2.45, 2.75) is 26.7 Å². The molecule has 144 valence electrons. The fraction of sp³-hybridized carbons (Fsp3) is 0.235. The Hall–Kier alpha value is -3.01. The number of allylic oxidation sites excluding steroid dienone is 2. The Kier molecular flexibility index (Phi) is 4.60. The molecule has 1 aromatic carbocycles. The van der Waals surface area contributed by atoms with Crippen LogP contribution in [0.2, 0.25) is 0 Å². The van der Waals surface area contributed by atoms with Crippen LogP contribution < -0.4 is 32.0 Å². The third-order valence-corrected chi connectivity index (χ3v) is 5.10. The number of carbonyl (C=O) groups excluding carboxylic acids is 1. The van der Waals surface area contributed by atoms with E-state index in [2.05, 4.69) is 14.8 Å². The van der Waals surface area contributed by atoms with Crippen molar-refractivity contribution in [1.29, 1.82) is 0 Å². The van der Waals surface area contributed by atoms with Gasteiger partial charge >= 0.3 is 6.29 Å². The summed E-state index contributed by atoms with van der Waals surface area (Å²) in [6.07, 6.45) is -3.68. The molecule has 1 aliphatic heterocycles. The van der Waals surface area contributed by atoms with Gasteiger partial charge < -0.3 is 32.0 Å². The first kappa shape index (κ1) is 18.8. The molecular weight excluding hydrogens is 378 g/mol. The minimum absolute atomic E-state index is 0.0607. The van der Waals surface area contributed by atoms with Crippen molar-refractivity contribution in [3.63, 3.8) is 0 Å². The monoisotopic (exact) mass is 396 g/mol. The molecule has 7 nitrogen and oxygen atoms in total. The van der Waals surface area contributed by atoms with Crippen molar-refractivity contribution in [1.82, 2.24) is 5.32 Å². The lowest BCUT2D eigenvalue weighted by atomic mass is 10.1. The molecule has 0 fully saturated rings. The Morgan fingerprint density at radius 3 is 2.56 bits per heavy atom. The molecule has 0 aliphatic carbocycles. The average molecular weight is 396 g/mol. The molecule has 0 atom stereocenters. The number of nitrogens with one attached hydrogen (secondary N) is 1. The van der Waals surface area contributed by atoms with Crippen LogP contribution in [-0.2, 0) is 6.54 Å². The van der Waals surface area contributed by atoms with E-state index in [1.807, 2.05) is 0 Å². The molecule has 10 heteroatoms. The Morgan fingerprint density at radius 1 is 1.22 bits per heavy atom. The van der Waals surface area contributed by atoms with Gasteiger partial charge in [-0.2, -0.15) is 0 Å². The van der Waals surface area contributed by atoms with E-state index in [1.54, 1.807) is 19.9 Å². The number of ether oxygens (including phenoxy) is 2. The molecule has 1 amide bonds. The number of halogens is 2. The number of alkyl halides is 2. The van der Waals surface area contributed by atoms with Crippen LogP contribution >= 0.6 is 11.3 Å². The number of amides is 1. The van der Waals surface area contributed by atoms with Crippen LogP contribution in [0.15, 0.2) is 23.9 Å².